The maximum absolute atomic E-state index is 12.7. The van der Waals surface area contributed by atoms with Crippen LogP contribution in [0, 0.1) is 10.1 Å². The van der Waals surface area contributed by atoms with E-state index in [4.69, 9.17) is 16.3 Å². The zero-order valence-electron chi connectivity index (χ0n) is 15.4. The van der Waals surface area contributed by atoms with E-state index in [1.807, 2.05) is 19.1 Å². The molecule has 3 aromatic rings. The molecule has 3 rings (SSSR count). The number of nitro groups is 1. The van der Waals surface area contributed by atoms with E-state index in [2.05, 4.69) is 5.32 Å². The Kier molecular flexibility index (Phi) is 6.46. The molecule has 1 aromatic heterocycles. The van der Waals surface area contributed by atoms with Crippen molar-refractivity contribution in [3.63, 3.8) is 0 Å². The molecule has 0 aliphatic carbocycles. The van der Waals surface area contributed by atoms with Crippen LogP contribution in [-0.2, 0) is 4.74 Å². The molecular weight excluding hydrogens is 416 g/mol. The van der Waals surface area contributed by atoms with E-state index in [9.17, 15) is 19.7 Å². The minimum Gasteiger partial charge on any atom is -0.462 e. The minimum absolute atomic E-state index is 0.0510. The highest BCUT2D eigenvalue weighted by atomic mass is 35.5. The molecule has 0 aliphatic rings. The Labute approximate surface area is 175 Å². The molecule has 7 nitrogen and oxygen atoms in total. The van der Waals surface area contributed by atoms with Crippen molar-refractivity contribution in [2.45, 2.75) is 19.8 Å². The van der Waals surface area contributed by atoms with Crippen LogP contribution in [0.4, 0.5) is 10.7 Å². The summed E-state index contributed by atoms with van der Waals surface area (Å²) in [6.07, 6.45) is 1.63. The van der Waals surface area contributed by atoms with Crippen molar-refractivity contribution in [1.82, 2.24) is 0 Å². The number of hydrogen-bond acceptors (Lipinski definition) is 6. The second-order valence-corrected chi connectivity index (χ2v) is 7.63. The predicted octanol–water partition coefficient (Wildman–Crippen LogP) is 5.67. The largest absolute Gasteiger partial charge is 0.462 e. The molecule has 150 valence electrons. The number of fused-ring (bicyclic) bond motifs is 1. The van der Waals surface area contributed by atoms with Gasteiger partial charge in [-0.1, -0.05) is 43.1 Å². The number of amides is 1. The second-order valence-electron chi connectivity index (χ2n) is 6.17. The summed E-state index contributed by atoms with van der Waals surface area (Å²) in [4.78, 5) is 35.6. The van der Waals surface area contributed by atoms with E-state index in [0.29, 0.717) is 17.0 Å². The van der Waals surface area contributed by atoms with Crippen LogP contribution in [0.3, 0.4) is 0 Å². The van der Waals surface area contributed by atoms with E-state index < -0.39 is 16.8 Å². The van der Waals surface area contributed by atoms with Crippen LogP contribution in [0.25, 0.3) is 10.1 Å². The van der Waals surface area contributed by atoms with Crippen molar-refractivity contribution in [3.8, 4) is 0 Å². The fourth-order valence-electron chi connectivity index (χ4n) is 2.69. The van der Waals surface area contributed by atoms with Crippen molar-refractivity contribution in [2.75, 3.05) is 11.9 Å². The summed E-state index contributed by atoms with van der Waals surface area (Å²) in [6, 6.07) is 10.9. The molecule has 0 aliphatic heterocycles. The lowest BCUT2D eigenvalue weighted by atomic mass is 10.1. The summed E-state index contributed by atoms with van der Waals surface area (Å²) >= 11 is 7.29. The van der Waals surface area contributed by atoms with Gasteiger partial charge in [0.25, 0.3) is 11.6 Å². The first-order chi connectivity index (χ1) is 13.9. The van der Waals surface area contributed by atoms with Crippen LogP contribution in [0.1, 0.15) is 40.5 Å². The maximum atomic E-state index is 12.7. The number of unbranched alkanes of at least 4 members (excludes halogenated alkanes) is 1. The Hall–Kier alpha value is -2.97. The summed E-state index contributed by atoms with van der Waals surface area (Å²) in [7, 11) is 0. The van der Waals surface area contributed by atoms with Gasteiger partial charge in [0.05, 0.1) is 22.1 Å². The van der Waals surface area contributed by atoms with Gasteiger partial charge in [0.2, 0.25) is 0 Å². The molecule has 0 saturated heterocycles. The molecule has 0 unspecified atom stereocenters. The summed E-state index contributed by atoms with van der Waals surface area (Å²) in [5.41, 5.74) is 0.140. The van der Waals surface area contributed by atoms with Crippen molar-refractivity contribution in [2.24, 2.45) is 0 Å². The zero-order chi connectivity index (χ0) is 21.0. The second kappa shape index (κ2) is 9.02. The molecule has 0 saturated carbocycles. The van der Waals surface area contributed by atoms with Gasteiger partial charge in [-0.05, 0) is 18.6 Å². The molecule has 0 atom stereocenters. The molecule has 0 bridgehead atoms. The molecule has 2 aromatic carbocycles. The smallest absolute Gasteiger partial charge is 0.341 e. The molecule has 1 N–H and O–H groups in total. The number of benzene rings is 2. The number of anilines is 1. The van der Waals surface area contributed by atoms with E-state index in [1.165, 1.54) is 23.5 Å². The summed E-state index contributed by atoms with van der Waals surface area (Å²) < 4.78 is 6.16. The van der Waals surface area contributed by atoms with Crippen molar-refractivity contribution < 1.29 is 19.2 Å². The standard InChI is InChI=1S/C20H17ClN2O5S/c1-2-3-10-28-20(25)17-14-6-4-5-7-16(14)29-19(17)22-18(24)13-9-8-12(23(26)27)11-15(13)21/h4-9,11H,2-3,10H2,1H3,(H,22,24). The number of esters is 1. The number of nitrogens with zero attached hydrogens (tertiary/aromatic N) is 1. The molecule has 1 amide bonds. The molecule has 0 fully saturated rings. The number of thiophene rings is 1. The van der Waals surface area contributed by atoms with Crippen LogP contribution >= 0.6 is 22.9 Å². The van der Waals surface area contributed by atoms with Crippen LogP contribution in [-0.4, -0.2) is 23.4 Å². The van der Waals surface area contributed by atoms with Crippen molar-refractivity contribution in [1.29, 1.82) is 0 Å². The lowest BCUT2D eigenvalue weighted by Gasteiger charge is -2.08. The van der Waals surface area contributed by atoms with E-state index >= 15 is 0 Å². The summed E-state index contributed by atoms with van der Waals surface area (Å²) in [5.74, 6) is -1.08. The van der Waals surface area contributed by atoms with Gasteiger partial charge < -0.3 is 10.1 Å². The van der Waals surface area contributed by atoms with E-state index in [1.54, 1.807) is 12.1 Å². The molecule has 0 spiro atoms. The van der Waals surface area contributed by atoms with Gasteiger partial charge in [-0.2, -0.15) is 0 Å². The van der Waals surface area contributed by atoms with Gasteiger partial charge in [0.1, 0.15) is 10.6 Å². The van der Waals surface area contributed by atoms with E-state index in [0.717, 1.165) is 23.6 Å². The first-order valence-electron chi connectivity index (χ1n) is 8.86. The Balaban J connectivity index is 1.93. The van der Waals surface area contributed by atoms with Crippen molar-refractivity contribution in [3.05, 3.63) is 68.7 Å². The Bertz CT molecular complexity index is 1100. The minimum atomic E-state index is -0.593. The SMILES string of the molecule is CCCCOC(=O)c1c(NC(=O)c2ccc([N+](=O)[O-])cc2Cl)sc2ccccc12. The quantitative estimate of drug-likeness (QED) is 0.224. The number of hydrogen-bond donors (Lipinski definition) is 1. The first kappa shape index (κ1) is 20.8. The highest BCUT2D eigenvalue weighted by Crippen LogP contribution is 2.37. The number of rotatable bonds is 7. The average molecular weight is 433 g/mol. The van der Waals surface area contributed by atoms with Gasteiger partial charge >= 0.3 is 5.97 Å². The fraction of sp³-hybridized carbons (Fsp3) is 0.200. The van der Waals surface area contributed by atoms with Gasteiger partial charge in [0.15, 0.2) is 0 Å². The molecule has 29 heavy (non-hydrogen) atoms. The predicted molar refractivity (Wildman–Crippen MR) is 113 cm³/mol. The summed E-state index contributed by atoms with van der Waals surface area (Å²) in [6.45, 7) is 2.29. The lowest BCUT2D eigenvalue weighted by molar-refractivity contribution is -0.384. The number of non-ortho nitro benzene ring substituents is 1. The van der Waals surface area contributed by atoms with E-state index in [-0.39, 0.29) is 21.8 Å². The Morgan fingerprint density at radius 2 is 2.00 bits per heavy atom. The highest BCUT2D eigenvalue weighted by Gasteiger charge is 2.23. The Morgan fingerprint density at radius 1 is 1.24 bits per heavy atom. The summed E-state index contributed by atoms with van der Waals surface area (Å²) in [5, 5.41) is 14.5. The number of ether oxygens (including phenoxy) is 1. The number of nitrogens with one attached hydrogen (secondary N) is 1. The van der Waals surface area contributed by atoms with Crippen LogP contribution < -0.4 is 5.32 Å². The van der Waals surface area contributed by atoms with Gasteiger partial charge in [-0.25, -0.2) is 4.79 Å². The fourth-order valence-corrected chi connectivity index (χ4v) is 4.04. The van der Waals surface area contributed by atoms with Crippen LogP contribution in [0.15, 0.2) is 42.5 Å². The van der Waals surface area contributed by atoms with Crippen LogP contribution in [0.2, 0.25) is 5.02 Å². The third-order valence-corrected chi connectivity index (χ3v) is 5.56. The van der Waals surface area contributed by atoms with Crippen molar-refractivity contribution >= 4 is 55.6 Å². The third kappa shape index (κ3) is 4.55. The topological polar surface area (TPSA) is 98.5 Å². The van der Waals surface area contributed by atoms with Gasteiger partial charge in [0, 0.05) is 22.2 Å². The lowest BCUT2D eigenvalue weighted by Crippen LogP contribution is -2.15. The molecule has 9 heteroatoms. The number of carbonyl (C=O) groups excluding carboxylic acids is 2. The average Bonchev–Trinajstić information content (AvgIpc) is 3.05. The first-order valence-corrected chi connectivity index (χ1v) is 10.1. The molecule has 0 radical (unpaired) electrons. The molecular formula is C20H17ClN2O5S. The van der Waals surface area contributed by atoms with Crippen LogP contribution in [0.5, 0.6) is 0 Å². The highest BCUT2D eigenvalue weighted by molar-refractivity contribution is 7.23. The molecule has 1 heterocycles. The zero-order valence-corrected chi connectivity index (χ0v) is 17.0. The normalized spacial score (nSPS) is 10.7. The third-order valence-electron chi connectivity index (χ3n) is 4.17. The number of carbonyl (C=O) groups is 2. The Morgan fingerprint density at radius 3 is 2.69 bits per heavy atom. The monoisotopic (exact) mass is 432 g/mol. The maximum Gasteiger partial charge on any atom is 0.341 e. The van der Waals surface area contributed by atoms with Gasteiger partial charge in [-0.15, -0.1) is 11.3 Å². The number of nitro benzene ring substituents is 1. The number of halogens is 1. The van der Waals surface area contributed by atoms with Gasteiger partial charge in [-0.3, -0.25) is 14.9 Å².